The molecule has 0 radical (unpaired) electrons. The molecule has 3 unspecified atom stereocenters. The van der Waals surface area contributed by atoms with Gasteiger partial charge < -0.3 is 5.32 Å². The van der Waals surface area contributed by atoms with Crippen molar-refractivity contribution in [2.24, 2.45) is 17.8 Å². The average Bonchev–Trinajstić information content (AvgIpc) is 2.37. The smallest absolute Gasteiger partial charge is 0.126 e. The van der Waals surface area contributed by atoms with E-state index in [0.29, 0.717) is 17.9 Å². The molecule has 1 N–H and O–H groups in total. The SMILES string of the molecule is CNC1CCC(C(C)C)CC1Cc1cc(F)cc(F)c1. The zero-order valence-electron chi connectivity index (χ0n) is 12.6. The van der Waals surface area contributed by atoms with Gasteiger partial charge in [0.15, 0.2) is 0 Å². The van der Waals surface area contributed by atoms with Gasteiger partial charge in [-0.2, -0.15) is 0 Å². The second-order valence-corrected chi connectivity index (χ2v) is 6.45. The van der Waals surface area contributed by atoms with Crippen LogP contribution in [0.2, 0.25) is 0 Å². The molecule has 0 spiro atoms. The lowest BCUT2D eigenvalue weighted by Gasteiger charge is -2.38. The van der Waals surface area contributed by atoms with E-state index in [1.807, 2.05) is 7.05 Å². The molecule has 0 aromatic heterocycles. The van der Waals surface area contributed by atoms with Crippen molar-refractivity contribution in [1.82, 2.24) is 5.32 Å². The molecule has 1 aliphatic carbocycles. The predicted molar refractivity (Wildman–Crippen MR) is 78.6 cm³/mol. The first-order chi connectivity index (χ1) is 9.49. The number of halogens is 2. The second kappa shape index (κ2) is 6.66. The Hall–Kier alpha value is -0.960. The fraction of sp³-hybridized carbons (Fsp3) is 0.647. The molecule has 112 valence electrons. The van der Waals surface area contributed by atoms with Crippen LogP contribution in [0.15, 0.2) is 18.2 Å². The van der Waals surface area contributed by atoms with Crippen molar-refractivity contribution in [3.05, 3.63) is 35.4 Å². The average molecular weight is 281 g/mol. The van der Waals surface area contributed by atoms with E-state index in [1.54, 1.807) is 0 Å². The lowest BCUT2D eigenvalue weighted by atomic mass is 9.72. The maximum absolute atomic E-state index is 13.3. The molecule has 0 saturated heterocycles. The van der Waals surface area contributed by atoms with Crippen LogP contribution in [0.25, 0.3) is 0 Å². The third-order valence-corrected chi connectivity index (χ3v) is 4.76. The minimum Gasteiger partial charge on any atom is -0.317 e. The van der Waals surface area contributed by atoms with Gasteiger partial charge in [-0.05, 0) is 68.2 Å². The highest BCUT2D eigenvalue weighted by Gasteiger charge is 2.31. The molecule has 1 aromatic carbocycles. The lowest BCUT2D eigenvalue weighted by molar-refractivity contribution is 0.172. The number of hydrogen-bond donors (Lipinski definition) is 1. The molecule has 1 aliphatic rings. The maximum Gasteiger partial charge on any atom is 0.126 e. The van der Waals surface area contributed by atoms with Gasteiger partial charge in [0, 0.05) is 12.1 Å². The van der Waals surface area contributed by atoms with Crippen LogP contribution in [0.3, 0.4) is 0 Å². The van der Waals surface area contributed by atoms with E-state index in [0.717, 1.165) is 36.8 Å². The first-order valence-corrected chi connectivity index (χ1v) is 7.61. The molecule has 1 nitrogen and oxygen atoms in total. The van der Waals surface area contributed by atoms with E-state index in [2.05, 4.69) is 19.2 Å². The Morgan fingerprint density at radius 1 is 1.15 bits per heavy atom. The van der Waals surface area contributed by atoms with Crippen molar-refractivity contribution < 1.29 is 8.78 Å². The first-order valence-electron chi connectivity index (χ1n) is 7.61. The van der Waals surface area contributed by atoms with Crippen LogP contribution in [-0.4, -0.2) is 13.1 Å². The van der Waals surface area contributed by atoms with E-state index in [1.165, 1.54) is 18.6 Å². The summed E-state index contributed by atoms with van der Waals surface area (Å²) in [4.78, 5) is 0. The molecule has 0 bridgehead atoms. The Kier molecular flexibility index (Phi) is 5.14. The van der Waals surface area contributed by atoms with Crippen molar-refractivity contribution in [1.29, 1.82) is 0 Å². The van der Waals surface area contributed by atoms with Crippen molar-refractivity contribution >= 4 is 0 Å². The van der Waals surface area contributed by atoms with Gasteiger partial charge in [-0.3, -0.25) is 0 Å². The fourth-order valence-corrected chi connectivity index (χ4v) is 3.54. The molecule has 0 amide bonds. The third kappa shape index (κ3) is 3.78. The summed E-state index contributed by atoms with van der Waals surface area (Å²) in [6.07, 6.45) is 4.30. The zero-order chi connectivity index (χ0) is 14.7. The Morgan fingerprint density at radius 2 is 1.80 bits per heavy atom. The zero-order valence-corrected chi connectivity index (χ0v) is 12.6. The Balaban J connectivity index is 2.11. The Labute approximate surface area is 120 Å². The van der Waals surface area contributed by atoms with Crippen LogP contribution in [0, 0.1) is 29.4 Å². The van der Waals surface area contributed by atoms with E-state index >= 15 is 0 Å². The quantitative estimate of drug-likeness (QED) is 0.873. The number of benzene rings is 1. The van der Waals surface area contributed by atoms with Crippen LogP contribution in [0.1, 0.15) is 38.7 Å². The van der Waals surface area contributed by atoms with E-state index in [-0.39, 0.29) is 0 Å². The van der Waals surface area contributed by atoms with Gasteiger partial charge in [0.05, 0.1) is 0 Å². The van der Waals surface area contributed by atoms with Crippen LogP contribution in [0.4, 0.5) is 8.78 Å². The fourth-order valence-electron chi connectivity index (χ4n) is 3.54. The molecule has 0 heterocycles. The van der Waals surface area contributed by atoms with E-state index in [4.69, 9.17) is 0 Å². The summed E-state index contributed by atoms with van der Waals surface area (Å²) in [6.45, 7) is 4.53. The third-order valence-electron chi connectivity index (χ3n) is 4.76. The molecular formula is C17H25F2N. The van der Waals surface area contributed by atoms with Crippen LogP contribution in [-0.2, 0) is 6.42 Å². The molecule has 2 rings (SSSR count). The molecule has 0 aliphatic heterocycles. The summed E-state index contributed by atoms with van der Waals surface area (Å²) < 4.78 is 26.6. The van der Waals surface area contributed by atoms with Crippen molar-refractivity contribution in [2.75, 3.05) is 7.05 Å². The summed E-state index contributed by atoms with van der Waals surface area (Å²) in [7, 11) is 1.99. The summed E-state index contributed by atoms with van der Waals surface area (Å²) in [5.74, 6) is 0.916. The van der Waals surface area contributed by atoms with Crippen LogP contribution in [0.5, 0.6) is 0 Å². The Morgan fingerprint density at radius 3 is 2.35 bits per heavy atom. The summed E-state index contributed by atoms with van der Waals surface area (Å²) in [6, 6.07) is 4.33. The van der Waals surface area contributed by atoms with Gasteiger partial charge >= 0.3 is 0 Å². The molecule has 3 atom stereocenters. The molecule has 3 heteroatoms. The largest absolute Gasteiger partial charge is 0.317 e. The van der Waals surface area contributed by atoms with Gasteiger partial charge in [0.1, 0.15) is 11.6 Å². The summed E-state index contributed by atoms with van der Waals surface area (Å²) in [5, 5.41) is 3.38. The number of hydrogen-bond acceptors (Lipinski definition) is 1. The monoisotopic (exact) mass is 281 g/mol. The molecule has 20 heavy (non-hydrogen) atoms. The summed E-state index contributed by atoms with van der Waals surface area (Å²) >= 11 is 0. The maximum atomic E-state index is 13.3. The van der Waals surface area contributed by atoms with E-state index in [9.17, 15) is 8.78 Å². The molecule has 1 fully saturated rings. The first kappa shape index (κ1) is 15.4. The van der Waals surface area contributed by atoms with E-state index < -0.39 is 11.6 Å². The lowest BCUT2D eigenvalue weighted by Crippen LogP contribution is -2.40. The van der Waals surface area contributed by atoms with Gasteiger partial charge in [0.2, 0.25) is 0 Å². The molecule has 1 saturated carbocycles. The number of rotatable bonds is 4. The summed E-state index contributed by atoms with van der Waals surface area (Å²) in [5.41, 5.74) is 0.775. The topological polar surface area (TPSA) is 12.0 Å². The molecule has 1 aromatic rings. The number of nitrogens with one attached hydrogen (secondary N) is 1. The van der Waals surface area contributed by atoms with Crippen LogP contribution >= 0.6 is 0 Å². The van der Waals surface area contributed by atoms with Crippen molar-refractivity contribution in [3.8, 4) is 0 Å². The highest BCUT2D eigenvalue weighted by molar-refractivity contribution is 5.19. The Bertz CT molecular complexity index is 424. The predicted octanol–water partition coefficient (Wildman–Crippen LogP) is 4.17. The normalized spacial score (nSPS) is 27.0. The van der Waals surface area contributed by atoms with Gasteiger partial charge in [0.25, 0.3) is 0 Å². The van der Waals surface area contributed by atoms with Gasteiger partial charge in [-0.15, -0.1) is 0 Å². The molecular weight excluding hydrogens is 256 g/mol. The van der Waals surface area contributed by atoms with Crippen molar-refractivity contribution in [3.63, 3.8) is 0 Å². The minimum atomic E-state index is -0.475. The second-order valence-electron chi connectivity index (χ2n) is 6.45. The van der Waals surface area contributed by atoms with Gasteiger partial charge in [-0.25, -0.2) is 8.78 Å². The highest BCUT2D eigenvalue weighted by atomic mass is 19.1. The highest BCUT2D eigenvalue weighted by Crippen LogP contribution is 2.35. The minimum absolute atomic E-state index is 0.455. The standard InChI is InChI=1S/C17H25F2N/c1-11(2)13-4-5-17(20-3)14(9-13)6-12-7-15(18)10-16(19)8-12/h7-8,10-11,13-14,17,20H,4-6,9H2,1-3H3. The van der Waals surface area contributed by atoms with Crippen LogP contribution < -0.4 is 5.32 Å². The van der Waals surface area contributed by atoms with Gasteiger partial charge in [-0.1, -0.05) is 13.8 Å². The van der Waals surface area contributed by atoms with Crippen molar-refractivity contribution in [2.45, 2.75) is 45.6 Å².